The Hall–Kier alpha value is -1.15. The lowest BCUT2D eigenvalue weighted by atomic mass is 9.88. The molecule has 1 aromatic heterocycles. The quantitative estimate of drug-likeness (QED) is 0.669. The van der Waals surface area contributed by atoms with Crippen LogP contribution < -0.4 is 0 Å². The Labute approximate surface area is 163 Å². The molecule has 25 heavy (non-hydrogen) atoms. The topological polar surface area (TPSA) is 55.1 Å². The van der Waals surface area contributed by atoms with Crippen LogP contribution in [0.2, 0.25) is 5.02 Å². The van der Waals surface area contributed by atoms with Gasteiger partial charge in [0.2, 0.25) is 0 Å². The van der Waals surface area contributed by atoms with Crippen molar-refractivity contribution in [3.63, 3.8) is 0 Å². The SMILES string of the molecule is O=C(O)[C@@H]1CCc2c(I)nn(Cc3c(C4CC4)ccc(F)c3Cl)c2C1. The van der Waals surface area contributed by atoms with Gasteiger partial charge in [-0.2, -0.15) is 5.10 Å². The summed E-state index contributed by atoms with van der Waals surface area (Å²) >= 11 is 8.47. The Morgan fingerprint density at radius 1 is 1.40 bits per heavy atom. The lowest BCUT2D eigenvalue weighted by molar-refractivity contribution is -0.142. The number of aromatic nitrogens is 2. The van der Waals surface area contributed by atoms with Crippen LogP contribution in [0.4, 0.5) is 4.39 Å². The van der Waals surface area contributed by atoms with Gasteiger partial charge in [0, 0.05) is 17.7 Å². The van der Waals surface area contributed by atoms with Gasteiger partial charge in [-0.1, -0.05) is 17.7 Å². The van der Waals surface area contributed by atoms with E-state index < -0.39 is 11.8 Å². The van der Waals surface area contributed by atoms with E-state index in [-0.39, 0.29) is 10.9 Å². The molecule has 132 valence electrons. The Kier molecular flexibility index (Phi) is 4.52. The number of halogens is 3. The number of hydrogen-bond donors (Lipinski definition) is 1. The standard InChI is InChI=1S/C18H17ClFIN2O2/c19-16-13(11(9-1-2-9)5-6-14(16)20)8-23-15-7-10(18(24)25)3-4-12(15)17(21)22-23/h5-6,9-10H,1-4,7-8H2,(H,24,25)/t10-/m1/s1. The minimum Gasteiger partial charge on any atom is -0.481 e. The van der Waals surface area contributed by atoms with Gasteiger partial charge >= 0.3 is 5.97 Å². The van der Waals surface area contributed by atoms with E-state index in [1.807, 2.05) is 10.7 Å². The molecule has 2 aliphatic rings. The molecule has 0 bridgehead atoms. The van der Waals surface area contributed by atoms with Crippen LogP contribution in [0.3, 0.4) is 0 Å². The molecular weight excluding hydrogens is 458 g/mol. The number of carbonyl (C=O) groups is 1. The summed E-state index contributed by atoms with van der Waals surface area (Å²) in [5.41, 5.74) is 3.95. The van der Waals surface area contributed by atoms with Gasteiger partial charge in [0.25, 0.3) is 0 Å². The Balaban J connectivity index is 1.73. The maximum Gasteiger partial charge on any atom is 0.306 e. The third kappa shape index (κ3) is 3.18. The van der Waals surface area contributed by atoms with Gasteiger partial charge in [-0.15, -0.1) is 0 Å². The second-order valence-electron chi connectivity index (χ2n) is 6.86. The van der Waals surface area contributed by atoms with Crippen molar-refractivity contribution in [3.8, 4) is 0 Å². The van der Waals surface area contributed by atoms with Crippen molar-refractivity contribution in [3.05, 3.63) is 49.1 Å². The molecule has 0 aliphatic heterocycles. The maximum atomic E-state index is 14.0. The molecule has 0 saturated heterocycles. The van der Waals surface area contributed by atoms with Gasteiger partial charge in [0.1, 0.15) is 9.52 Å². The zero-order valence-electron chi connectivity index (χ0n) is 13.4. The van der Waals surface area contributed by atoms with Crippen molar-refractivity contribution in [1.29, 1.82) is 0 Å². The van der Waals surface area contributed by atoms with Gasteiger partial charge in [0.05, 0.1) is 17.5 Å². The highest BCUT2D eigenvalue weighted by molar-refractivity contribution is 14.1. The van der Waals surface area contributed by atoms with Crippen molar-refractivity contribution in [2.45, 2.75) is 44.6 Å². The lowest BCUT2D eigenvalue weighted by Crippen LogP contribution is -2.24. The minimum atomic E-state index is -0.768. The second kappa shape index (κ2) is 6.54. The van der Waals surface area contributed by atoms with Gasteiger partial charge in [-0.05, 0) is 71.4 Å². The molecule has 0 amide bonds. The Morgan fingerprint density at radius 3 is 2.84 bits per heavy atom. The zero-order valence-corrected chi connectivity index (χ0v) is 16.3. The third-order valence-electron chi connectivity index (χ3n) is 5.21. The van der Waals surface area contributed by atoms with E-state index in [4.69, 9.17) is 11.6 Å². The second-order valence-corrected chi connectivity index (χ2v) is 8.25. The molecule has 1 atom stereocenters. The summed E-state index contributed by atoms with van der Waals surface area (Å²) in [6.45, 7) is 0.389. The van der Waals surface area contributed by atoms with E-state index >= 15 is 0 Å². The summed E-state index contributed by atoms with van der Waals surface area (Å²) in [5, 5.41) is 14.1. The lowest BCUT2D eigenvalue weighted by Gasteiger charge is -2.21. The van der Waals surface area contributed by atoms with E-state index in [9.17, 15) is 14.3 Å². The van der Waals surface area contributed by atoms with Crippen molar-refractivity contribution in [1.82, 2.24) is 9.78 Å². The highest BCUT2D eigenvalue weighted by atomic mass is 127. The summed E-state index contributed by atoms with van der Waals surface area (Å²) in [5.74, 6) is -1.12. The maximum absolute atomic E-state index is 14.0. The molecule has 4 rings (SSSR count). The average molecular weight is 475 g/mol. The number of rotatable bonds is 4. The molecule has 0 radical (unpaired) electrons. The monoisotopic (exact) mass is 474 g/mol. The first kappa shape index (κ1) is 17.3. The first-order valence-corrected chi connectivity index (χ1v) is 9.85. The fourth-order valence-electron chi connectivity index (χ4n) is 3.67. The predicted molar refractivity (Wildman–Crippen MR) is 101 cm³/mol. The first-order chi connectivity index (χ1) is 12.0. The number of aliphatic carboxylic acids is 1. The third-order valence-corrected chi connectivity index (χ3v) is 6.48. The van der Waals surface area contributed by atoms with Gasteiger partial charge in [-0.25, -0.2) is 4.39 Å². The highest BCUT2D eigenvalue weighted by Crippen LogP contribution is 2.44. The van der Waals surface area contributed by atoms with Crippen molar-refractivity contribution in [2.75, 3.05) is 0 Å². The largest absolute Gasteiger partial charge is 0.481 e. The molecule has 1 aromatic carbocycles. The van der Waals surface area contributed by atoms with Crippen molar-refractivity contribution >= 4 is 40.2 Å². The molecule has 2 aliphatic carbocycles. The summed E-state index contributed by atoms with van der Waals surface area (Å²) < 4.78 is 16.7. The van der Waals surface area contributed by atoms with Crippen molar-refractivity contribution < 1.29 is 14.3 Å². The van der Waals surface area contributed by atoms with E-state index in [2.05, 4.69) is 27.7 Å². The molecule has 1 N–H and O–H groups in total. The molecule has 0 unspecified atom stereocenters. The Bertz CT molecular complexity index is 863. The van der Waals surface area contributed by atoms with Gasteiger partial charge < -0.3 is 5.11 Å². The number of hydrogen-bond acceptors (Lipinski definition) is 2. The Morgan fingerprint density at radius 2 is 2.16 bits per heavy atom. The summed E-state index contributed by atoms with van der Waals surface area (Å²) in [4.78, 5) is 11.4. The van der Waals surface area contributed by atoms with Crippen molar-refractivity contribution in [2.24, 2.45) is 5.92 Å². The van der Waals surface area contributed by atoms with Crippen LogP contribution >= 0.6 is 34.2 Å². The van der Waals surface area contributed by atoms with Crippen LogP contribution in [0.1, 0.15) is 47.6 Å². The summed E-state index contributed by atoms with van der Waals surface area (Å²) in [7, 11) is 0. The number of benzene rings is 1. The molecule has 7 heteroatoms. The first-order valence-electron chi connectivity index (χ1n) is 8.39. The molecule has 1 fully saturated rings. The normalized spacial score (nSPS) is 19.7. The number of nitrogens with zero attached hydrogens (tertiary/aromatic N) is 2. The van der Waals surface area contributed by atoms with Crippen LogP contribution in [-0.4, -0.2) is 20.9 Å². The molecule has 0 spiro atoms. The van der Waals surface area contributed by atoms with Crippen LogP contribution in [0.15, 0.2) is 12.1 Å². The average Bonchev–Trinajstić information content (AvgIpc) is 3.37. The van der Waals surface area contributed by atoms with E-state index in [0.29, 0.717) is 25.3 Å². The molecule has 1 saturated carbocycles. The van der Waals surface area contributed by atoms with E-state index in [1.54, 1.807) is 0 Å². The van der Waals surface area contributed by atoms with Gasteiger partial charge in [-0.3, -0.25) is 9.48 Å². The molecule has 1 heterocycles. The fourth-order valence-corrected chi connectivity index (χ4v) is 4.74. The van der Waals surface area contributed by atoms with E-state index in [1.165, 1.54) is 6.07 Å². The summed E-state index contributed by atoms with van der Waals surface area (Å²) in [6, 6.07) is 3.26. The highest BCUT2D eigenvalue weighted by Gasteiger charge is 2.31. The molecular formula is C18H17ClFIN2O2. The van der Waals surface area contributed by atoms with Crippen LogP contribution in [-0.2, 0) is 24.2 Å². The molecule has 2 aromatic rings. The van der Waals surface area contributed by atoms with Crippen LogP contribution in [0.5, 0.6) is 0 Å². The summed E-state index contributed by atoms with van der Waals surface area (Å²) in [6.07, 6.45) is 4.02. The van der Waals surface area contributed by atoms with E-state index in [0.717, 1.165) is 45.3 Å². The van der Waals surface area contributed by atoms with Crippen LogP contribution in [0.25, 0.3) is 0 Å². The number of carboxylic acid groups (broad SMARTS) is 1. The van der Waals surface area contributed by atoms with Gasteiger partial charge in [0.15, 0.2) is 0 Å². The zero-order chi connectivity index (χ0) is 17.7. The number of fused-ring (bicyclic) bond motifs is 1. The number of carboxylic acids is 1. The van der Waals surface area contributed by atoms with Crippen LogP contribution in [0, 0.1) is 15.4 Å². The smallest absolute Gasteiger partial charge is 0.306 e. The fraction of sp³-hybridized carbons (Fsp3) is 0.444. The predicted octanol–water partition coefficient (Wildman–Crippen LogP) is 4.40. The minimum absolute atomic E-state index is 0.161. The molecule has 4 nitrogen and oxygen atoms in total.